The average Bonchev–Trinajstić information content (AvgIpc) is 2.06. The number of hydrogen-bond donors (Lipinski definition) is 0. The Morgan fingerprint density at radius 3 is 2.50 bits per heavy atom. The van der Waals surface area contributed by atoms with Crippen LogP contribution >= 0.6 is 0 Å². The van der Waals surface area contributed by atoms with E-state index in [0.29, 0.717) is 12.2 Å². The van der Waals surface area contributed by atoms with Crippen LogP contribution in [0, 0.1) is 24.7 Å². The number of benzene rings is 1. The summed E-state index contributed by atoms with van der Waals surface area (Å²) < 4.78 is 6.03. The molecule has 12 heavy (non-hydrogen) atoms. The fraction of sp³-hybridized carbons (Fsp3) is 0.222. The average molecular weight is 359 g/mol. The first-order chi connectivity index (χ1) is 5.74. The van der Waals surface area contributed by atoms with Gasteiger partial charge in [-0.05, 0) is 0 Å². The van der Waals surface area contributed by atoms with Crippen LogP contribution in [0.1, 0.15) is 17.3 Å². The monoisotopic (exact) mass is 359 g/mol. The molecule has 0 spiro atoms. The molecule has 1 aromatic rings. The second-order valence-corrected chi connectivity index (χ2v) is 3.92. The quantitative estimate of drug-likeness (QED) is 0.738. The summed E-state index contributed by atoms with van der Waals surface area (Å²) in [6.07, 6.45) is 0. The van der Waals surface area contributed by atoms with E-state index in [4.69, 9.17) is 4.74 Å². The van der Waals surface area contributed by atoms with Gasteiger partial charge in [-0.2, -0.15) is 0 Å². The van der Waals surface area contributed by atoms with Crippen molar-refractivity contribution in [3.63, 3.8) is 0 Å². The molecule has 0 N–H and O–H groups in total. The van der Waals surface area contributed by atoms with Crippen LogP contribution in [0.2, 0.25) is 0 Å². The van der Waals surface area contributed by atoms with Gasteiger partial charge in [0.25, 0.3) is 0 Å². The fourth-order valence-electron chi connectivity index (χ4n) is 0.800. The Balaban J connectivity index is 2.75. The molecule has 0 amide bonds. The molecular weight excluding hydrogens is 350 g/mol. The van der Waals surface area contributed by atoms with Crippen molar-refractivity contribution in [2.24, 2.45) is 0 Å². The predicted molar refractivity (Wildman–Crippen MR) is 42.0 cm³/mol. The van der Waals surface area contributed by atoms with Gasteiger partial charge in [0.2, 0.25) is 0 Å². The van der Waals surface area contributed by atoms with E-state index < -0.39 is 0 Å². The van der Waals surface area contributed by atoms with Gasteiger partial charge in [0.05, 0.1) is 0 Å². The van der Waals surface area contributed by atoms with Gasteiger partial charge in [0.1, 0.15) is 0 Å². The Morgan fingerprint density at radius 1 is 1.42 bits per heavy atom. The molecule has 0 aliphatic heterocycles. The molecule has 0 aliphatic rings. The van der Waals surface area contributed by atoms with Gasteiger partial charge in [-0.3, -0.25) is 0 Å². The van der Waals surface area contributed by atoms with Crippen LogP contribution in [0.5, 0.6) is 0 Å². The van der Waals surface area contributed by atoms with E-state index in [1.54, 1.807) is 43.8 Å². The Morgan fingerprint density at radius 2 is 2.00 bits per heavy atom. The summed E-state index contributed by atoms with van der Waals surface area (Å²) >= 11 is 1.60. The maximum absolute atomic E-state index is 11.1. The van der Waals surface area contributed by atoms with Gasteiger partial charge in [0, 0.05) is 0 Å². The first kappa shape index (κ1) is 9.66. The molecule has 0 saturated heterocycles. The van der Waals surface area contributed by atoms with E-state index >= 15 is 0 Å². The SMILES string of the molecule is CCOC(=O)c1ccc([At])cc1. The molecule has 2 nitrogen and oxygen atoms in total. The fourth-order valence-corrected chi connectivity index (χ4v) is 1.29. The maximum atomic E-state index is 11.1. The number of carbonyl (C=O) groups excluding carboxylic acids is 1. The van der Waals surface area contributed by atoms with Crippen LogP contribution < -0.4 is 3.27 Å². The third-order valence-electron chi connectivity index (χ3n) is 1.36. The Bertz CT molecular complexity index is 266. The van der Waals surface area contributed by atoms with Crippen molar-refractivity contribution in [3.8, 4) is 0 Å². The molecule has 0 fully saturated rings. The minimum atomic E-state index is -0.246. The van der Waals surface area contributed by atoms with E-state index in [2.05, 4.69) is 0 Å². The Labute approximate surface area is 86.8 Å². The zero-order chi connectivity index (χ0) is 8.97. The molecule has 0 aromatic heterocycles. The summed E-state index contributed by atoms with van der Waals surface area (Å²) in [4.78, 5) is 11.1. The van der Waals surface area contributed by atoms with E-state index in [0.717, 1.165) is 0 Å². The second kappa shape index (κ2) is 4.56. The molecule has 0 saturated carbocycles. The summed E-state index contributed by atoms with van der Waals surface area (Å²) in [7, 11) is 0. The summed E-state index contributed by atoms with van der Waals surface area (Å²) in [5.41, 5.74) is 0.622. The number of hydrogen-bond acceptors (Lipinski definition) is 2. The van der Waals surface area contributed by atoms with Crippen molar-refractivity contribution in [2.45, 2.75) is 6.92 Å². The van der Waals surface area contributed by atoms with Crippen LogP contribution in [0.3, 0.4) is 0 Å². The van der Waals surface area contributed by atoms with Gasteiger partial charge in [0.15, 0.2) is 0 Å². The number of rotatable bonds is 2. The molecular formula is C9H9AtO2. The van der Waals surface area contributed by atoms with Crippen molar-refractivity contribution in [2.75, 3.05) is 6.61 Å². The topological polar surface area (TPSA) is 26.3 Å². The van der Waals surface area contributed by atoms with Gasteiger partial charge in [-0.25, -0.2) is 0 Å². The molecule has 0 radical (unpaired) electrons. The van der Waals surface area contributed by atoms with Crippen molar-refractivity contribution in [3.05, 3.63) is 29.8 Å². The van der Waals surface area contributed by atoms with Crippen LogP contribution in [0.4, 0.5) is 0 Å². The Hall–Kier alpha value is -0.427. The van der Waals surface area contributed by atoms with E-state index in [1.165, 1.54) is 3.27 Å². The number of ether oxygens (including phenoxy) is 1. The van der Waals surface area contributed by atoms with Gasteiger partial charge in [-0.1, -0.05) is 0 Å². The predicted octanol–water partition coefficient (Wildman–Crippen LogP) is 1.04. The third-order valence-corrected chi connectivity index (χ3v) is 2.33. The third kappa shape index (κ3) is 2.56. The Kier molecular flexibility index (Phi) is 3.67. The molecule has 0 unspecified atom stereocenters. The molecule has 1 aromatic carbocycles. The summed E-state index contributed by atoms with van der Waals surface area (Å²) in [5.74, 6) is -0.246. The standard InChI is InChI=1S/C9H9AtO2/c1-2-12-9(11)7-3-5-8(10)6-4-7/h3-6H,2H2,1H3. The number of carbonyl (C=O) groups is 1. The van der Waals surface area contributed by atoms with Crippen LogP contribution in [0.15, 0.2) is 24.3 Å². The molecule has 0 heterocycles. The van der Waals surface area contributed by atoms with Crippen LogP contribution in [0.25, 0.3) is 0 Å². The normalized spacial score (nSPS) is 9.50. The first-order valence-electron chi connectivity index (χ1n) is 3.66. The van der Waals surface area contributed by atoms with Crippen molar-refractivity contribution in [1.82, 2.24) is 0 Å². The zero-order valence-corrected chi connectivity index (χ0v) is 9.65. The summed E-state index contributed by atoms with van der Waals surface area (Å²) in [6.45, 7) is 2.23. The van der Waals surface area contributed by atoms with Crippen molar-refractivity contribution in [1.29, 1.82) is 0 Å². The van der Waals surface area contributed by atoms with Gasteiger partial charge in [-0.15, -0.1) is 0 Å². The molecule has 3 heteroatoms. The van der Waals surface area contributed by atoms with Gasteiger partial charge < -0.3 is 0 Å². The van der Waals surface area contributed by atoms with Crippen molar-refractivity contribution < 1.29 is 34.3 Å². The molecule has 64 valence electrons. The zero-order valence-electron chi connectivity index (χ0n) is 6.71. The van der Waals surface area contributed by atoms with Crippen LogP contribution in [-0.2, 0) is 4.74 Å². The molecule has 0 bridgehead atoms. The second-order valence-electron chi connectivity index (χ2n) is 2.23. The van der Waals surface area contributed by atoms with Gasteiger partial charge >= 0.3 is 86.9 Å². The summed E-state index contributed by atoms with van der Waals surface area (Å²) in [6, 6.07) is 7.41. The van der Waals surface area contributed by atoms with E-state index in [-0.39, 0.29) is 5.97 Å². The van der Waals surface area contributed by atoms with E-state index in [1.807, 2.05) is 12.1 Å². The number of esters is 1. The molecule has 0 atom stereocenters. The minimum absolute atomic E-state index is 0.246. The van der Waals surface area contributed by atoms with E-state index in [9.17, 15) is 4.79 Å². The first-order valence-corrected chi connectivity index (χ1v) is 5.13. The van der Waals surface area contributed by atoms with Crippen molar-refractivity contribution >= 4 is 9.24 Å². The summed E-state index contributed by atoms with van der Waals surface area (Å²) in [5, 5.41) is 0. The molecule has 1 rings (SSSR count). The van der Waals surface area contributed by atoms with Crippen LogP contribution in [-0.4, -0.2) is 12.6 Å². The molecule has 0 aliphatic carbocycles.